The number of carbonyl (C=O) groups is 1. The van der Waals surface area contributed by atoms with Gasteiger partial charge in [-0.2, -0.15) is 0 Å². The maximum atomic E-state index is 14.2. The molecule has 2 N–H and O–H groups in total. The third kappa shape index (κ3) is 6.64. The Balaban J connectivity index is 1.58. The van der Waals surface area contributed by atoms with E-state index >= 15 is 0 Å². The molecule has 9 heteroatoms. The average Bonchev–Trinajstić information content (AvgIpc) is 2.96. The zero-order valence-corrected chi connectivity index (χ0v) is 23.9. The van der Waals surface area contributed by atoms with E-state index < -0.39 is 6.09 Å². The van der Waals surface area contributed by atoms with Crippen molar-refractivity contribution in [2.45, 2.75) is 27.0 Å². The minimum atomic E-state index is -1.07. The number of pyridine rings is 1. The first kappa shape index (κ1) is 28.5. The number of hydrogen-bond acceptors (Lipinski definition) is 6. The second-order valence-electron chi connectivity index (χ2n) is 10.4. The van der Waals surface area contributed by atoms with Crippen LogP contribution in [0.4, 0.5) is 4.79 Å². The maximum absolute atomic E-state index is 14.2. The molecule has 1 amide bonds. The predicted octanol–water partition coefficient (Wildman–Crippen LogP) is 5.34. The van der Waals surface area contributed by atoms with Gasteiger partial charge in [0.2, 0.25) is 0 Å². The first-order chi connectivity index (χ1) is 20.3. The van der Waals surface area contributed by atoms with Gasteiger partial charge in [-0.3, -0.25) is 9.36 Å². The number of rotatable bonds is 10. The molecule has 2 aromatic heterocycles. The van der Waals surface area contributed by atoms with Gasteiger partial charge < -0.3 is 20.1 Å². The summed E-state index contributed by atoms with van der Waals surface area (Å²) in [6, 6.07) is 23.5. The number of aryl methyl sites for hydroxylation is 2. The van der Waals surface area contributed by atoms with Crippen molar-refractivity contribution in [1.29, 1.82) is 0 Å². The minimum absolute atomic E-state index is 0.244. The molecule has 0 atom stereocenters. The number of likely N-dealkylation sites (N-methyl/N-ethyl adjacent to an activating group) is 1. The van der Waals surface area contributed by atoms with Crippen LogP contribution in [-0.4, -0.2) is 50.8 Å². The van der Waals surface area contributed by atoms with Crippen LogP contribution in [0.25, 0.3) is 27.8 Å². The Morgan fingerprint density at radius 3 is 2.50 bits per heavy atom. The van der Waals surface area contributed by atoms with Crippen molar-refractivity contribution in [3.8, 4) is 22.6 Å². The third-order valence-corrected chi connectivity index (χ3v) is 6.97. The van der Waals surface area contributed by atoms with E-state index in [1.165, 1.54) is 10.9 Å². The van der Waals surface area contributed by atoms with Crippen molar-refractivity contribution in [3.63, 3.8) is 0 Å². The molecular formula is C33H33N5O4. The van der Waals surface area contributed by atoms with Crippen LogP contribution in [0.15, 0.2) is 90.1 Å². The molecule has 0 bridgehead atoms. The topological polar surface area (TPSA) is 110 Å². The molecule has 5 aromatic rings. The summed E-state index contributed by atoms with van der Waals surface area (Å²) in [5.74, 6) is 0.636. The van der Waals surface area contributed by atoms with E-state index in [9.17, 15) is 9.59 Å². The van der Waals surface area contributed by atoms with Gasteiger partial charge in [0.1, 0.15) is 18.7 Å². The van der Waals surface area contributed by atoms with Crippen molar-refractivity contribution in [3.05, 3.63) is 118 Å². The van der Waals surface area contributed by atoms with Crippen LogP contribution >= 0.6 is 0 Å². The largest absolute Gasteiger partial charge is 0.489 e. The molecular weight excluding hydrogens is 530 g/mol. The minimum Gasteiger partial charge on any atom is -0.489 e. The van der Waals surface area contributed by atoms with E-state index in [-0.39, 0.29) is 12.1 Å². The van der Waals surface area contributed by atoms with Crippen LogP contribution in [0.2, 0.25) is 0 Å². The number of fused-ring (bicyclic) bond motifs is 1. The van der Waals surface area contributed by atoms with E-state index in [1.54, 1.807) is 6.20 Å². The highest BCUT2D eigenvalue weighted by molar-refractivity contribution is 5.86. The molecule has 5 rings (SSSR count). The molecule has 0 saturated carbocycles. The average molecular weight is 564 g/mol. The van der Waals surface area contributed by atoms with Gasteiger partial charge in [-0.1, -0.05) is 65.7 Å². The lowest BCUT2D eigenvalue weighted by molar-refractivity contribution is 0.192. The molecule has 0 radical (unpaired) electrons. The summed E-state index contributed by atoms with van der Waals surface area (Å²) >= 11 is 0. The van der Waals surface area contributed by atoms with Crippen LogP contribution in [0.1, 0.15) is 22.3 Å². The summed E-state index contributed by atoms with van der Waals surface area (Å²) in [5, 5.41) is 11.8. The third-order valence-electron chi connectivity index (χ3n) is 6.97. The number of carboxylic acid groups (broad SMARTS) is 1. The maximum Gasteiger partial charge on any atom is 0.404 e. The lowest BCUT2D eigenvalue weighted by Gasteiger charge is -2.21. The number of amides is 1. The predicted molar refractivity (Wildman–Crippen MR) is 163 cm³/mol. The highest BCUT2D eigenvalue weighted by Gasteiger charge is 2.19. The zero-order chi connectivity index (χ0) is 29.6. The molecule has 42 heavy (non-hydrogen) atoms. The summed E-state index contributed by atoms with van der Waals surface area (Å²) in [7, 11) is 1.89. The number of nitrogens with one attached hydrogen (secondary N) is 1. The zero-order valence-electron chi connectivity index (χ0n) is 23.9. The van der Waals surface area contributed by atoms with E-state index in [2.05, 4.69) is 33.5 Å². The molecule has 0 fully saturated rings. The Kier molecular flexibility index (Phi) is 8.59. The summed E-state index contributed by atoms with van der Waals surface area (Å²) < 4.78 is 7.52. The highest BCUT2D eigenvalue weighted by atomic mass is 16.5. The van der Waals surface area contributed by atoms with Gasteiger partial charge in [-0.25, -0.2) is 14.8 Å². The first-order valence-electron chi connectivity index (χ1n) is 13.7. The molecule has 0 spiro atoms. The summed E-state index contributed by atoms with van der Waals surface area (Å²) in [6.07, 6.45) is 2.19. The molecule has 0 aliphatic heterocycles. The second-order valence-corrected chi connectivity index (χ2v) is 10.4. The number of benzene rings is 3. The number of nitrogens with zero attached hydrogens (tertiary/aromatic N) is 4. The van der Waals surface area contributed by atoms with Gasteiger partial charge in [-0.15, -0.1) is 0 Å². The molecule has 0 aliphatic rings. The van der Waals surface area contributed by atoms with Crippen molar-refractivity contribution >= 4 is 17.1 Å². The summed E-state index contributed by atoms with van der Waals surface area (Å²) in [6.45, 7) is 5.59. The van der Waals surface area contributed by atoms with Gasteiger partial charge in [0.15, 0.2) is 5.65 Å². The van der Waals surface area contributed by atoms with Gasteiger partial charge in [-0.05, 0) is 49.7 Å². The SMILES string of the molecule is Cc1cc(C)cc(-c2cnc3ncn(-c4cccc(OCc5ccccc5)c4)c(=O)c3c2CN(C)CCNC(=O)O)c1. The quantitative estimate of drug-likeness (QED) is 0.236. The number of hydrogen-bond donors (Lipinski definition) is 2. The molecule has 9 nitrogen and oxygen atoms in total. The monoisotopic (exact) mass is 563 g/mol. The Morgan fingerprint density at radius 2 is 1.76 bits per heavy atom. The van der Waals surface area contributed by atoms with Crippen molar-refractivity contribution in [1.82, 2.24) is 24.8 Å². The van der Waals surface area contributed by atoms with Crippen LogP contribution < -0.4 is 15.6 Å². The normalized spacial score (nSPS) is 11.1. The van der Waals surface area contributed by atoms with Crippen molar-refractivity contribution in [2.75, 3.05) is 20.1 Å². The van der Waals surface area contributed by atoms with E-state index in [4.69, 9.17) is 9.84 Å². The Labute approximate surface area is 244 Å². The lowest BCUT2D eigenvalue weighted by atomic mass is 9.96. The molecule has 0 aliphatic carbocycles. The highest BCUT2D eigenvalue weighted by Crippen LogP contribution is 2.30. The summed E-state index contributed by atoms with van der Waals surface area (Å²) in [5.41, 5.74) is 6.57. The van der Waals surface area contributed by atoms with E-state index in [0.29, 0.717) is 42.2 Å². The smallest absolute Gasteiger partial charge is 0.404 e. The molecule has 2 heterocycles. The van der Waals surface area contributed by atoms with Crippen molar-refractivity contribution < 1.29 is 14.6 Å². The molecule has 0 unspecified atom stereocenters. The van der Waals surface area contributed by atoms with Crippen molar-refractivity contribution in [2.24, 2.45) is 0 Å². The van der Waals surface area contributed by atoms with Gasteiger partial charge in [0.05, 0.1) is 11.1 Å². The fraction of sp³-hybridized carbons (Fsp3) is 0.212. The van der Waals surface area contributed by atoms with Crippen LogP contribution in [0.5, 0.6) is 5.75 Å². The second kappa shape index (κ2) is 12.7. The van der Waals surface area contributed by atoms with Crippen LogP contribution in [-0.2, 0) is 13.2 Å². The molecule has 214 valence electrons. The number of aromatic nitrogens is 3. The fourth-order valence-corrected chi connectivity index (χ4v) is 5.04. The van der Waals surface area contributed by atoms with Gasteiger partial charge in [0.25, 0.3) is 5.56 Å². The number of ether oxygens (including phenoxy) is 1. The Morgan fingerprint density at radius 1 is 1.00 bits per heavy atom. The van der Waals surface area contributed by atoms with Gasteiger partial charge >= 0.3 is 6.09 Å². The summed E-state index contributed by atoms with van der Waals surface area (Å²) in [4.78, 5) is 36.3. The van der Waals surface area contributed by atoms with E-state index in [0.717, 1.165) is 33.4 Å². The Bertz CT molecular complexity index is 1770. The van der Waals surface area contributed by atoms with E-state index in [1.807, 2.05) is 80.4 Å². The molecule has 3 aromatic carbocycles. The fourth-order valence-electron chi connectivity index (χ4n) is 5.04. The van der Waals surface area contributed by atoms with Crippen LogP contribution in [0.3, 0.4) is 0 Å². The lowest BCUT2D eigenvalue weighted by Crippen LogP contribution is -2.32. The van der Waals surface area contributed by atoms with Gasteiger partial charge in [0, 0.05) is 37.5 Å². The Hall–Kier alpha value is -5.02. The van der Waals surface area contributed by atoms with Crippen LogP contribution in [0, 0.1) is 13.8 Å². The first-order valence-corrected chi connectivity index (χ1v) is 13.7. The standard InChI is InChI=1S/C33H33N5O4/c1-22-14-23(2)16-25(15-22)28-18-35-31-30(29(28)19-37(3)13-12-34-33(40)41)32(39)38(21-36-31)26-10-7-11-27(17-26)42-20-24-8-5-4-6-9-24/h4-11,14-18,21,34H,12-13,19-20H2,1-3H3,(H,40,41). The molecule has 0 saturated heterocycles.